The summed E-state index contributed by atoms with van der Waals surface area (Å²) in [5, 5.41) is 6.36. The van der Waals surface area contributed by atoms with Crippen LogP contribution in [0.1, 0.15) is 19.8 Å². The first kappa shape index (κ1) is 14.3. The third-order valence-corrected chi connectivity index (χ3v) is 3.88. The fourth-order valence-electron chi connectivity index (χ4n) is 2.68. The SMILES string of the molecule is CC(=O)N1CCC(NC(=O)CN2CCNCC2)CC1. The largest absolute Gasteiger partial charge is 0.352 e. The van der Waals surface area contributed by atoms with E-state index in [0.717, 1.165) is 52.1 Å². The third kappa shape index (κ3) is 4.47. The second-order valence-electron chi connectivity index (χ2n) is 5.37. The highest BCUT2D eigenvalue weighted by Crippen LogP contribution is 2.10. The monoisotopic (exact) mass is 268 g/mol. The van der Waals surface area contributed by atoms with Gasteiger partial charge in [0, 0.05) is 52.2 Å². The Bertz CT molecular complexity index is 321. The van der Waals surface area contributed by atoms with Gasteiger partial charge in [-0.2, -0.15) is 0 Å². The maximum absolute atomic E-state index is 11.9. The van der Waals surface area contributed by atoms with Crippen molar-refractivity contribution in [3.8, 4) is 0 Å². The fraction of sp³-hybridized carbons (Fsp3) is 0.846. The Morgan fingerprint density at radius 3 is 2.37 bits per heavy atom. The number of hydrogen-bond acceptors (Lipinski definition) is 4. The van der Waals surface area contributed by atoms with E-state index in [2.05, 4.69) is 15.5 Å². The lowest BCUT2D eigenvalue weighted by atomic mass is 10.1. The van der Waals surface area contributed by atoms with Gasteiger partial charge in [-0.25, -0.2) is 0 Å². The van der Waals surface area contributed by atoms with Gasteiger partial charge >= 0.3 is 0 Å². The molecule has 0 aliphatic carbocycles. The van der Waals surface area contributed by atoms with Crippen molar-refractivity contribution < 1.29 is 9.59 Å². The molecule has 0 saturated carbocycles. The minimum atomic E-state index is 0.114. The number of carbonyl (C=O) groups is 2. The van der Waals surface area contributed by atoms with Crippen LogP contribution in [0.5, 0.6) is 0 Å². The highest BCUT2D eigenvalue weighted by molar-refractivity contribution is 5.78. The van der Waals surface area contributed by atoms with E-state index in [1.165, 1.54) is 0 Å². The molecule has 0 bridgehead atoms. The topological polar surface area (TPSA) is 64.7 Å². The van der Waals surface area contributed by atoms with E-state index in [1.807, 2.05) is 4.90 Å². The molecule has 2 fully saturated rings. The van der Waals surface area contributed by atoms with Crippen molar-refractivity contribution in [2.24, 2.45) is 0 Å². The van der Waals surface area contributed by atoms with Crippen LogP contribution in [-0.4, -0.2) is 73.5 Å². The lowest BCUT2D eigenvalue weighted by molar-refractivity contribution is -0.130. The summed E-state index contributed by atoms with van der Waals surface area (Å²) in [4.78, 5) is 27.2. The number of piperidine rings is 1. The molecular weight excluding hydrogens is 244 g/mol. The number of piperazine rings is 1. The molecule has 0 unspecified atom stereocenters. The molecule has 19 heavy (non-hydrogen) atoms. The number of nitrogens with zero attached hydrogens (tertiary/aromatic N) is 2. The van der Waals surface area contributed by atoms with Crippen molar-refractivity contribution in [1.82, 2.24) is 20.4 Å². The van der Waals surface area contributed by atoms with Gasteiger partial charge in [-0.3, -0.25) is 14.5 Å². The molecule has 0 aromatic rings. The van der Waals surface area contributed by atoms with Gasteiger partial charge < -0.3 is 15.5 Å². The number of hydrogen-bond donors (Lipinski definition) is 2. The Hall–Kier alpha value is -1.14. The van der Waals surface area contributed by atoms with Crippen LogP contribution in [0.25, 0.3) is 0 Å². The van der Waals surface area contributed by atoms with Crippen LogP contribution < -0.4 is 10.6 Å². The van der Waals surface area contributed by atoms with Crippen molar-refractivity contribution in [2.75, 3.05) is 45.8 Å². The Balaban J connectivity index is 1.67. The molecule has 108 valence electrons. The molecule has 2 N–H and O–H groups in total. The minimum absolute atomic E-state index is 0.114. The van der Waals surface area contributed by atoms with E-state index >= 15 is 0 Å². The van der Waals surface area contributed by atoms with Gasteiger partial charge in [0.15, 0.2) is 0 Å². The first-order chi connectivity index (χ1) is 9.15. The molecular formula is C13H24N4O2. The van der Waals surface area contributed by atoms with Crippen LogP contribution in [0, 0.1) is 0 Å². The second-order valence-corrected chi connectivity index (χ2v) is 5.37. The summed E-state index contributed by atoms with van der Waals surface area (Å²) in [6.45, 7) is 7.42. The fourth-order valence-corrected chi connectivity index (χ4v) is 2.68. The van der Waals surface area contributed by atoms with Crippen molar-refractivity contribution in [2.45, 2.75) is 25.8 Å². The molecule has 6 heteroatoms. The highest BCUT2D eigenvalue weighted by atomic mass is 16.2. The average Bonchev–Trinajstić information content (AvgIpc) is 2.40. The summed E-state index contributed by atoms with van der Waals surface area (Å²) in [6.07, 6.45) is 1.74. The molecule has 6 nitrogen and oxygen atoms in total. The number of nitrogens with one attached hydrogen (secondary N) is 2. The lowest BCUT2D eigenvalue weighted by Gasteiger charge is -2.32. The van der Waals surface area contributed by atoms with Crippen LogP contribution in [0.15, 0.2) is 0 Å². The van der Waals surface area contributed by atoms with Gasteiger partial charge in [0.25, 0.3) is 0 Å². The zero-order chi connectivity index (χ0) is 13.7. The molecule has 2 rings (SSSR count). The first-order valence-corrected chi connectivity index (χ1v) is 7.13. The smallest absolute Gasteiger partial charge is 0.234 e. The highest BCUT2D eigenvalue weighted by Gasteiger charge is 2.22. The number of carbonyl (C=O) groups excluding carboxylic acids is 2. The van der Waals surface area contributed by atoms with Crippen molar-refractivity contribution in [3.05, 3.63) is 0 Å². The quantitative estimate of drug-likeness (QED) is 0.690. The minimum Gasteiger partial charge on any atom is -0.352 e. The summed E-state index contributed by atoms with van der Waals surface area (Å²) in [5.74, 6) is 0.244. The zero-order valence-electron chi connectivity index (χ0n) is 11.7. The van der Waals surface area contributed by atoms with E-state index in [9.17, 15) is 9.59 Å². The molecule has 0 aromatic heterocycles. The standard InChI is InChI=1S/C13H24N4O2/c1-11(18)17-6-2-12(3-7-17)15-13(19)10-16-8-4-14-5-9-16/h12,14H,2-10H2,1H3,(H,15,19). The molecule has 0 atom stereocenters. The predicted octanol–water partition coefficient (Wildman–Crippen LogP) is -0.981. The molecule has 0 radical (unpaired) electrons. The number of likely N-dealkylation sites (tertiary alicyclic amines) is 1. The average molecular weight is 268 g/mol. The summed E-state index contributed by atoms with van der Waals surface area (Å²) < 4.78 is 0. The van der Waals surface area contributed by atoms with E-state index in [0.29, 0.717) is 6.54 Å². The molecule has 2 aliphatic heterocycles. The summed E-state index contributed by atoms with van der Waals surface area (Å²) in [7, 11) is 0. The van der Waals surface area contributed by atoms with Crippen LogP contribution in [0.3, 0.4) is 0 Å². The van der Waals surface area contributed by atoms with E-state index in [-0.39, 0.29) is 17.9 Å². The van der Waals surface area contributed by atoms with Crippen LogP contribution >= 0.6 is 0 Å². The molecule has 0 aromatic carbocycles. The summed E-state index contributed by atoms with van der Waals surface area (Å²) >= 11 is 0. The van der Waals surface area contributed by atoms with Crippen LogP contribution in [0.4, 0.5) is 0 Å². The maximum Gasteiger partial charge on any atom is 0.234 e. The van der Waals surface area contributed by atoms with Gasteiger partial charge in [-0.15, -0.1) is 0 Å². The maximum atomic E-state index is 11.9. The van der Waals surface area contributed by atoms with E-state index < -0.39 is 0 Å². The summed E-state index contributed by atoms with van der Waals surface area (Å²) in [6, 6.07) is 0.228. The van der Waals surface area contributed by atoms with Gasteiger partial charge in [-0.1, -0.05) is 0 Å². The lowest BCUT2D eigenvalue weighted by Crippen LogP contribution is -2.51. The van der Waals surface area contributed by atoms with Crippen LogP contribution in [-0.2, 0) is 9.59 Å². The predicted molar refractivity (Wildman–Crippen MR) is 72.7 cm³/mol. The van der Waals surface area contributed by atoms with E-state index in [1.54, 1.807) is 6.92 Å². The van der Waals surface area contributed by atoms with Gasteiger partial charge in [-0.05, 0) is 12.8 Å². The number of amides is 2. The van der Waals surface area contributed by atoms with Crippen molar-refractivity contribution in [3.63, 3.8) is 0 Å². The van der Waals surface area contributed by atoms with E-state index in [4.69, 9.17) is 0 Å². The second kappa shape index (κ2) is 6.86. The Morgan fingerprint density at radius 1 is 1.16 bits per heavy atom. The van der Waals surface area contributed by atoms with Crippen LogP contribution in [0.2, 0.25) is 0 Å². The molecule has 0 spiro atoms. The molecule has 2 saturated heterocycles. The normalized spacial score (nSPS) is 22.3. The Labute approximate surface area is 114 Å². The Kier molecular flexibility index (Phi) is 5.15. The molecule has 2 heterocycles. The van der Waals surface area contributed by atoms with Crippen molar-refractivity contribution >= 4 is 11.8 Å². The molecule has 2 aliphatic rings. The van der Waals surface area contributed by atoms with Gasteiger partial charge in [0.1, 0.15) is 0 Å². The zero-order valence-corrected chi connectivity index (χ0v) is 11.7. The van der Waals surface area contributed by atoms with Gasteiger partial charge in [0.2, 0.25) is 11.8 Å². The third-order valence-electron chi connectivity index (χ3n) is 3.88. The first-order valence-electron chi connectivity index (χ1n) is 7.13. The van der Waals surface area contributed by atoms with Gasteiger partial charge in [0.05, 0.1) is 6.54 Å². The Morgan fingerprint density at radius 2 is 1.79 bits per heavy atom. The van der Waals surface area contributed by atoms with Crippen molar-refractivity contribution in [1.29, 1.82) is 0 Å². The summed E-state index contributed by atoms with van der Waals surface area (Å²) in [5.41, 5.74) is 0. The molecule has 2 amide bonds. The number of rotatable bonds is 3.